The van der Waals surface area contributed by atoms with Crippen LogP contribution in [0.5, 0.6) is 0 Å². The highest BCUT2D eigenvalue weighted by atomic mass is 16.6. The number of ether oxygens (including phenoxy) is 1. The smallest absolute Gasteiger partial charge is 0.410 e. The molecule has 1 N–H and O–H groups in total. The molecule has 1 heterocycles. The number of carboxylic acids is 1. The number of likely N-dealkylation sites (tertiary alicyclic amines) is 1. The summed E-state index contributed by atoms with van der Waals surface area (Å²) in [5.74, 6) is -1.08. The van der Waals surface area contributed by atoms with Crippen molar-refractivity contribution in [3.8, 4) is 0 Å². The van der Waals surface area contributed by atoms with Crippen molar-refractivity contribution in [2.75, 3.05) is 13.1 Å². The zero-order chi connectivity index (χ0) is 15.6. The first-order valence-electron chi connectivity index (χ1n) is 6.40. The van der Waals surface area contributed by atoms with Gasteiger partial charge >= 0.3 is 12.1 Å². The second kappa shape index (κ2) is 5.64. The predicted octanol–water partition coefficient (Wildman–Crippen LogP) is 1.51. The molecule has 114 valence electrons. The van der Waals surface area contributed by atoms with Gasteiger partial charge in [0.2, 0.25) is 5.54 Å². The fourth-order valence-corrected chi connectivity index (χ4v) is 2.12. The van der Waals surface area contributed by atoms with Crippen molar-refractivity contribution in [2.24, 2.45) is 0 Å². The zero-order valence-electron chi connectivity index (χ0n) is 11.9. The van der Waals surface area contributed by atoms with E-state index in [9.17, 15) is 19.7 Å². The number of aliphatic carboxylic acids is 1. The van der Waals surface area contributed by atoms with E-state index >= 15 is 0 Å². The highest BCUT2D eigenvalue weighted by Gasteiger charge is 2.51. The molecule has 20 heavy (non-hydrogen) atoms. The second-order valence-corrected chi connectivity index (χ2v) is 6.03. The number of amides is 1. The van der Waals surface area contributed by atoms with Gasteiger partial charge in [-0.25, -0.2) is 4.79 Å². The Bertz CT molecular complexity index is 417. The number of carbonyl (C=O) groups is 2. The molecule has 1 aliphatic rings. The third kappa shape index (κ3) is 4.07. The summed E-state index contributed by atoms with van der Waals surface area (Å²) in [7, 11) is 0. The average Bonchev–Trinajstić information content (AvgIpc) is 2.69. The Balaban J connectivity index is 2.72. The number of carboxylic acid groups (broad SMARTS) is 1. The SMILES string of the molecule is CC(C)(C)OC(=O)N1CCC(CCC(=O)O)([N+](=O)[O-])C1. The Morgan fingerprint density at radius 2 is 2.05 bits per heavy atom. The largest absolute Gasteiger partial charge is 0.481 e. The zero-order valence-corrected chi connectivity index (χ0v) is 11.9. The van der Waals surface area contributed by atoms with Crippen LogP contribution < -0.4 is 0 Å². The molecule has 1 saturated heterocycles. The number of carbonyl (C=O) groups excluding carboxylic acids is 1. The Morgan fingerprint density at radius 3 is 2.50 bits per heavy atom. The molecule has 1 aliphatic heterocycles. The number of hydrogen-bond donors (Lipinski definition) is 1. The molecule has 1 amide bonds. The molecule has 1 atom stereocenters. The van der Waals surface area contributed by atoms with Crippen molar-refractivity contribution in [3.63, 3.8) is 0 Å². The molecule has 8 heteroatoms. The van der Waals surface area contributed by atoms with E-state index in [2.05, 4.69) is 0 Å². The van der Waals surface area contributed by atoms with Crippen LogP contribution in [-0.4, -0.2) is 51.2 Å². The van der Waals surface area contributed by atoms with Gasteiger partial charge in [0.1, 0.15) is 5.60 Å². The quantitative estimate of drug-likeness (QED) is 0.620. The van der Waals surface area contributed by atoms with Gasteiger partial charge in [-0.05, 0) is 20.8 Å². The van der Waals surface area contributed by atoms with Crippen molar-refractivity contribution < 1.29 is 24.4 Å². The number of rotatable bonds is 4. The number of nitrogens with zero attached hydrogens (tertiary/aromatic N) is 2. The van der Waals surface area contributed by atoms with Crippen LogP contribution in [0.4, 0.5) is 4.79 Å². The van der Waals surface area contributed by atoms with Gasteiger partial charge in [0, 0.05) is 24.3 Å². The molecule has 0 aromatic carbocycles. The maximum absolute atomic E-state index is 11.9. The van der Waals surface area contributed by atoms with Crippen molar-refractivity contribution in [1.29, 1.82) is 0 Å². The standard InChI is InChI=1S/C12H20N2O6/c1-11(2,3)20-10(17)13-7-6-12(8-13,14(18)19)5-4-9(15)16/h4-8H2,1-3H3,(H,15,16). The van der Waals surface area contributed by atoms with Crippen LogP contribution in [0.1, 0.15) is 40.0 Å². The molecule has 0 aromatic heterocycles. The third-order valence-electron chi connectivity index (χ3n) is 3.18. The molecule has 0 spiro atoms. The molecule has 0 aliphatic carbocycles. The Morgan fingerprint density at radius 1 is 1.45 bits per heavy atom. The minimum Gasteiger partial charge on any atom is -0.481 e. The Kier molecular flexibility index (Phi) is 4.57. The van der Waals surface area contributed by atoms with Gasteiger partial charge < -0.3 is 14.7 Å². The van der Waals surface area contributed by atoms with Crippen molar-refractivity contribution >= 4 is 12.1 Å². The fourth-order valence-electron chi connectivity index (χ4n) is 2.12. The Hall–Kier alpha value is -1.86. The molecular weight excluding hydrogens is 268 g/mol. The van der Waals surface area contributed by atoms with E-state index in [0.29, 0.717) is 0 Å². The van der Waals surface area contributed by atoms with Crippen LogP contribution in [0.15, 0.2) is 0 Å². The Labute approximate surface area is 116 Å². The van der Waals surface area contributed by atoms with E-state index < -0.39 is 28.1 Å². The molecular formula is C12H20N2O6. The number of nitro groups is 1. The summed E-state index contributed by atoms with van der Waals surface area (Å²) in [5, 5.41) is 19.9. The van der Waals surface area contributed by atoms with Gasteiger partial charge in [0.25, 0.3) is 0 Å². The van der Waals surface area contributed by atoms with Crippen LogP contribution in [0.25, 0.3) is 0 Å². The first-order valence-corrected chi connectivity index (χ1v) is 6.40. The first-order chi connectivity index (χ1) is 9.06. The van der Waals surface area contributed by atoms with E-state index in [-0.39, 0.29) is 32.4 Å². The number of hydrogen-bond acceptors (Lipinski definition) is 5. The lowest BCUT2D eigenvalue weighted by Gasteiger charge is -2.25. The first kappa shape index (κ1) is 16.2. The van der Waals surface area contributed by atoms with Gasteiger partial charge in [-0.1, -0.05) is 0 Å². The topological polar surface area (TPSA) is 110 Å². The van der Waals surface area contributed by atoms with E-state index in [4.69, 9.17) is 9.84 Å². The van der Waals surface area contributed by atoms with Crippen LogP contribution in [-0.2, 0) is 9.53 Å². The van der Waals surface area contributed by atoms with Gasteiger partial charge in [-0.3, -0.25) is 14.9 Å². The van der Waals surface area contributed by atoms with Crippen molar-refractivity contribution in [3.05, 3.63) is 10.1 Å². The van der Waals surface area contributed by atoms with Crippen LogP contribution in [0.3, 0.4) is 0 Å². The van der Waals surface area contributed by atoms with E-state index in [1.807, 2.05) is 0 Å². The summed E-state index contributed by atoms with van der Waals surface area (Å²) in [6, 6.07) is 0. The lowest BCUT2D eigenvalue weighted by atomic mass is 9.93. The van der Waals surface area contributed by atoms with Crippen molar-refractivity contribution in [2.45, 2.75) is 51.2 Å². The van der Waals surface area contributed by atoms with Gasteiger partial charge in [-0.2, -0.15) is 0 Å². The lowest BCUT2D eigenvalue weighted by Crippen LogP contribution is -2.44. The maximum Gasteiger partial charge on any atom is 0.410 e. The van der Waals surface area contributed by atoms with Crippen LogP contribution in [0, 0.1) is 10.1 Å². The van der Waals surface area contributed by atoms with E-state index in [1.54, 1.807) is 20.8 Å². The summed E-state index contributed by atoms with van der Waals surface area (Å²) >= 11 is 0. The fraction of sp³-hybridized carbons (Fsp3) is 0.833. The summed E-state index contributed by atoms with van der Waals surface area (Å²) in [6.45, 7) is 5.24. The maximum atomic E-state index is 11.9. The van der Waals surface area contributed by atoms with Crippen LogP contribution >= 0.6 is 0 Å². The minimum absolute atomic E-state index is 0.0887. The predicted molar refractivity (Wildman–Crippen MR) is 69.0 cm³/mol. The second-order valence-electron chi connectivity index (χ2n) is 6.03. The van der Waals surface area contributed by atoms with Gasteiger partial charge in [0.15, 0.2) is 0 Å². The summed E-state index contributed by atoms with van der Waals surface area (Å²) in [5.41, 5.74) is -2.05. The normalized spacial score (nSPS) is 22.6. The molecule has 1 unspecified atom stereocenters. The van der Waals surface area contributed by atoms with E-state index in [1.165, 1.54) is 4.90 Å². The monoisotopic (exact) mass is 288 g/mol. The summed E-state index contributed by atoms with van der Waals surface area (Å²) < 4.78 is 5.17. The molecule has 1 fully saturated rings. The molecule has 8 nitrogen and oxygen atoms in total. The molecule has 0 aromatic rings. The molecule has 0 saturated carbocycles. The molecule has 0 bridgehead atoms. The van der Waals surface area contributed by atoms with Crippen molar-refractivity contribution in [1.82, 2.24) is 4.90 Å². The summed E-state index contributed by atoms with van der Waals surface area (Å²) in [4.78, 5) is 34.5. The highest BCUT2D eigenvalue weighted by Crippen LogP contribution is 2.30. The van der Waals surface area contributed by atoms with E-state index in [0.717, 1.165) is 0 Å². The van der Waals surface area contributed by atoms with Gasteiger partial charge in [0.05, 0.1) is 13.0 Å². The third-order valence-corrected chi connectivity index (χ3v) is 3.18. The van der Waals surface area contributed by atoms with Crippen LogP contribution in [0.2, 0.25) is 0 Å². The average molecular weight is 288 g/mol. The minimum atomic E-state index is -1.38. The molecule has 1 rings (SSSR count). The summed E-state index contributed by atoms with van der Waals surface area (Å²) in [6.07, 6.45) is -0.832. The highest BCUT2D eigenvalue weighted by molar-refractivity contribution is 5.69. The van der Waals surface area contributed by atoms with Gasteiger partial charge in [-0.15, -0.1) is 0 Å². The lowest BCUT2D eigenvalue weighted by molar-refractivity contribution is -0.566. The molecule has 0 radical (unpaired) electrons.